The number of ether oxygens (including phenoxy) is 1. The van der Waals surface area contributed by atoms with Crippen LogP contribution in [0.25, 0.3) is 16.7 Å². The molecule has 0 unspecified atom stereocenters. The third-order valence-electron chi connectivity index (χ3n) is 4.16. The van der Waals surface area contributed by atoms with Crippen LogP contribution in [0.2, 0.25) is 0 Å². The summed E-state index contributed by atoms with van der Waals surface area (Å²) in [6.45, 7) is 8.40. The second kappa shape index (κ2) is 6.24. The van der Waals surface area contributed by atoms with Crippen molar-refractivity contribution in [1.29, 1.82) is 0 Å². The summed E-state index contributed by atoms with van der Waals surface area (Å²) in [6.07, 6.45) is 1.64. The van der Waals surface area contributed by atoms with Crippen molar-refractivity contribution in [2.24, 2.45) is 0 Å². The molecule has 130 valence electrons. The molecule has 0 bridgehead atoms. The predicted molar refractivity (Wildman–Crippen MR) is 97.4 cm³/mol. The molecule has 2 heterocycles. The number of rotatable bonds is 3. The predicted octanol–water partition coefficient (Wildman–Crippen LogP) is 4.21. The van der Waals surface area contributed by atoms with Gasteiger partial charge < -0.3 is 9.84 Å². The topological polar surface area (TPSA) is 64.3 Å². The smallest absolute Gasteiger partial charge is 0.359 e. The van der Waals surface area contributed by atoms with E-state index in [-0.39, 0.29) is 23.5 Å². The monoisotopic (exact) mass is 338 g/mol. The Morgan fingerprint density at radius 3 is 2.48 bits per heavy atom. The van der Waals surface area contributed by atoms with Gasteiger partial charge in [-0.1, -0.05) is 32.9 Å². The highest BCUT2D eigenvalue weighted by Crippen LogP contribution is 2.34. The lowest BCUT2D eigenvalue weighted by atomic mass is 9.87. The molecule has 0 aliphatic rings. The minimum atomic E-state index is -0.571. The molecule has 2 aromatic heterocycles. The number of pyridine rings is 1. The van der Waals surface area contributed by atoms with Gasteiger partial charge in [0, 0.05) is 11.9 Å². The van der Waals surface area contributed by atoms with E-state index in [0.717, 1.165) is 5.69 Å². The van der Waals surface area contributed by atoms with Crippen LogP contribution in [0.5, 0.6) is 5.75 Å². The van der Waals surface area contributed by atoms with Gasteiger partial charge >= 0.3 is 5.97 Å². The molecule has 25 heavy (non-hydrogen) atoms. The molecule has 0 aliphatic heterocycles. The van der Waals surface area contributed by atoms with Crippen molar-refractivity contribution >= 4 is 17.0 Å². The Balaban J connectivity index is 2.24. The van der Waals surface area contributed by atoms with E-state index in [9.17, 15) is 9.90 Å². The zero-order valence-electron chi connectivity index (χ0n) is 14.9. The Labute approximate surface area is 146 Å². The minimum absolute atomic E-state index is 0.0294. The van der Waals surface area contributed by atoms with Crippen molar-refractivity contribution in [1.82, 2.24) is 9.55 Å². The molecule has 0 saturated carbocycles. The number of esters is 1. The van der Waals surface area contributed by atoms with Crippen LogP contribution in [0.15, 0.2) is 42.6 Å². The van der Waals surface area contributed by atoms with E-state index >= 15 is 0 Å². The van der Waals surface area contributed by atoms with Crippen molar-refractivity contribution in [2.75, 3.05) is 6.61 Å². The SMILES string of the molecule is CCOC(=O)c1c(O)c2cccnc2n1-c1ccc(C(C)(C)C)cc1. The molecule has 0 atom stereocenters. The molecule has 1 N–H and O–H groups in total. The van der Waals surface area contributed by atoms with E-state index in [2.05, 4.69) is 25.8 Å². The largest absolute Gasteiger partial charge is 0.505 e. The lowest BCUT2D eigenvalue weighted by molar-refractivity contribution is 0.0514. The van der Waals surface area contributed by atoms with Gasteiger partial charge in [-0.2, -0.15) is 0 Å². The molecule has 0 amide bonds. The van der Waals surface area contributed by atoms with Gasteiger partial charge in [0.1, 0.15) is 5.65 Å². The first-order chi connectivity index (χ1) is 11.8. The average molecular weight is 338 g/mol. The quantitative estimate of drug-likeness (QED) is 0.727. The average Bonchev–Trinajstić information content (AvgIpc) is 2.88. The molecule has 0 radical (unpaired) electrons. The van der Waals surface area contributed by atoms with Crippen LogP contribution in [0.4, 0.5) is 0 Å². The van der Waals surface area contributed by atoms with Crippen LogP contribution in [0, 0.1) is 0 Å². The molecule has 0 spiro atoms. The van der Waals surface area contributed by atoms with Crippen LogP contribution in [0.1, 0.15) is 43.7 Å². The summed E-state index contributed by atoms with van der Waals surface area (Å²) in [5.74, 6) is -0.681. The van der Waals surface area contributed by atoms with Crippen LogP contribution in [-0.2, 0) is 10.2 Å². The number of fused-ring (bicyclic) bond motifs is 1. The van der Waals surface area contributed by atoms with Crippen LogP contribution < -0.4 is 0 Å². The number of carbonyl (C=O) groups excluding carboxylic acids is 1. The Morgan fingerprint density at radius 1 is 1.20 bits per heavy atom. The Morgan fingerprint density at radius 2 is 1.88 bits per heavy atom. The molecule has 3 rings (SSSR count). The number of nitrogens with zero attached hydrogens (tertiary/aromatic N) is 2. The maximum atomic E-state index is 12.4. The summed E-state index contributed by atoms with van der Waals surface area (Å²) in [7, 11) is 0. The molecule has 3 aromatic rings. The molecular formula is C20H22N2O3. The summed E-state index contributed by atoms with van der Waals surface area (Å²) in [4.78, 5) is 16.8. The van der Waals surface area contributed by atoms with Gasteiger partial charge in [0.25, 0.3) is 0 Å². The third-order valence-corrected chi connectivity index (χ3v) is 4.16. The molecule has 0 saturated heterocycles. The Hall–Kier alpha value is -2.82. The Bertz CT molecular complexity index is 919. The van der Waals surface area contributed by atoms with Gasteiger partial charge in [-0.05, 0) is 42.2 Å². The standard InChI is InChI=1S/C20H22N2O3/c1-5-25-19(24)16-17(23)15-7-6-12-21-18(15)22(16)14-10-8-13(9-11-14)20(2,3)4/h6-12,23H,5H2,1-4H3. The van der Waals surface area contributed by atoms with Gasteiger partial charge in [-0.3, -0.25) is 4.57 Å². The van der Waals surface area contributed by atoms with Gasteiger partial charge in [0.15, 0.2) is 11.4 Å². The maximum Gasteiger partial charge on any atom is 0.359 e. The fourth-order valence-electron chi connectivity index (χ4n) is 2.85. The summed E-state index contributed by atoms with van der Waals surface area (Å²) in [5.41, 5.74) is 2.58. The minimum Gasteiger partial charge on any atom is -0.505 e. The van der Waals surface area contributed by atoms with Crippen LogP contribution >= 0.6 is 0 Å². The molecule has 0 fully saturated rings. The molecule has 5 heteroatoms. The van der Waals surface area contributed by atoms with Gasteiger partial charge in [-0.15, -0.1) is 0 Å². The lowest BCUT2D eigenvalue weighted by Crippen LogP contribution is -2.13. The maximum absolute atomic E-state index is 12.4. The van der Waals surface area contributed by atoms with Crippen molar-refractivity contribution < 1.29 is 14.6 Å². The molecular weight excluding hydrogens is 316 g/mol. The number of aromatic hydroxyl groups is 1. The zero-order chi connectivity index (χ0) is 18.2. The number of benzene rings is 1. The second-order valence-corrected chi connectivity index (χ2v) is 6.92. The summed E-state index contributed by atoms with van der Waals surface area (Å²) in [6, 6.07) is 11.4. The highest BCUT2D eigenvalue weighted by atomic mass is 16.5. The highest BCUT2D eigenvalue weighted by Gasteiger charge is 2.25. The van der Waals surface area contributed by atoms with E-state index in [4.69, 9.17) is 4.74 Å². The van der Waals surface area contributed by atoms with Crippen LogP contribution in [0.3, 0.4) is 0 Å². The summed E-state index contributed by atoms with van der Waals surface area (Å²) < 4.78 is 6.78. The molecule has 1 aromatic carbocycles. The highest BCUT2D eigenvalue weighted by molar-refractivity contribution is 6.01. The first-order valence-electron chi connectivity index (χ1n) is 8.31. The van der Waals surface area contributed by atoms with E-state index in [0.29, 0.717) is 11.0 Å². The second-order valence-electron chi connectivity index (χ2n) is 6.92. The van der Waals surface area contributed by atoms with E-state index in [1.54, 1.807) is 29.8 Å². The van der Waals surface area contributed by atoms with Gasteiger partial charge in [-0.25, -0.2) is 9.78 Å². The number of aromatic nitrogens is 2. The normalized spacial score (nSPS) is 11.7. The number of hydrogen-bond acceptors (Lipinski definition) is 4. The number of carbonyl (C=O) groups is 1. The van der Waals surface area contributed by atoms with E-state index < -0.39 is 5.97 Å². The first-order valence-corrected chi connectivity index (χ1v) is 8.31. The van der Waals surface area contributed by atoms with Crippen molar-refractivity contribution in [2.45, 2.75) is 33.1 Å². The zero-order valence-corrected chi connectivity index (χ0v) is 14.9. The lowest BCUT2D eigenvalue weighted by Gasteiger charge is -2.19. The number of hydrogen-bond donors (Lipinski definition) is 1. The third kappa shape index (κ3) is 2.97. The van der Waals surface area contributed by atoms with Gasteiger partial charge in [0.05, 0.1) is 12.0 Å². The Kier molecular flexibility index (Phi) is 4.25. The fourth-order valence-corrected chi connectivity index (χ4v) is 2.85. The van der Waals surface area contributed by atoms with E-state index in [1.807, 2.05) is 24.3 Å². The summed E-state index contributed by atoms with van der Waals surface area (Å²) in [5, 5.41) is 11.1. The van der Waals surface area contributed by atoms with E-state index in [1.165, 1.54) is 5.56 Å². The summed E-state index contributed by atoms with van der Waals surface area (Å²) >= 11 is 0. The molecule has 5 nitrogen and oxygen atoms in total. The van der Waals surface area contributed by atoms with Crippen molar-refractivity contribution in [3.63, 3.8) is 0 Å². The van der Waals surface area contributed by atoms with Crippen LogP contribution in [-0.4, -0.2) is 27.2 Å². The first kappa shape index (κ1) is 17.0. The van der Waals surface area contributed by atoms with Crippen molar-refractivity contribution in [3.05, 3.63) is 53.9 Å². The molecule has 0 aliphatic carbocycles. The fraction of sp³-hybridized carbons (Fsp3) is 0.300. The van der Waals surface area contributed by atoms with Crippen molar-refractivity contribution in [3.8, 4) is 11.4 Å². The van der Waals surface area contributed by atoms with Gasteiger partial charge in [0.2, 0.25) is 0 Å².